The average molecular weight is 246 g/mol. The lowest BCUT2D eigenvalue weighted by atomic mass is 10.2. The number of benzene rings is 2. The summed E-state index contributed by atoms with van der Waals surface area (Å²) in [7, 11) is -1.22. The monoisotopic (exact) mass is 246 g/mol. The first kappa shape index (κ1) is 12.0. The van der Waals surface area contributed by atoms with E-state index in [1.807, 2.05) is 60.7 Å². The van der Waals surface area contributed by atoms with E-state index in [0.29, 0.717) is 0 Å². The first-order chi connectivity index (χ1) is 8.33. The first-order valence-corrected chi connectivity index (χ1v) is 6.65. The normalized spacial score (nSPS) is 14.2. The molecule has 0 radical (unpaired) electrons. The van der Waals surface area contributed by atoms with Gasteiger partial charge in [0.15, 0.2) is 0 Å². The van der Waals surface area contributed by atoms with E-state index >= 15 is 0 Å². The second-order valence-electron chi connectivity index (χ2n) is 3.69. The molecule has 0 aliphatic carbocycles. The summed E-state index contributed by atoms with van der Waals surface area (Å²) in [6.45, 7) is -0.120. The predicted molar refractivity (Wildman–Crippen MR) is 69.1 cm³/mol. The van der Waals surface area contributed by atoms with Gasteiger partial charge in [-0.05, 0) is 17.7 Å². The van der Waals surface area contributed by atoms with Gasteiger partial charge < -0.3 is 5.11 Å². The third-order valence-corrected chi connectivity index (χ3v) is 4.25. The summed E-state index contributed by atoms with van der Waals surface area (Å²) in [4.78, 5) is 0.746. The third kappa shape index (κ3) is 2.81. The van der Waals surface area contributed by atoms with Gasteiger partial charge in [-0.2, -0.15) is 0 Å². The van der Waals surface area contributed by atoms with Crippen LogP contribution >= 0.6 is 0 Å². The Kier molecular flexibility index (Phi) is 4.07. The van der Waals surface area contributed by atoms with Crippen molar-refractivity contribution < 1.29 is 9.32 Å². The van der Waals surface area contributed by atoms with Crippen molar-refractivity contribution in [2.75, 3.05) is 6.61 Å². The van der Waals surface area contributed by atoms with Crippen LogP contribution in [0.15, 0.2) is 65.6 Å². The number of aliphatic hydroxyl groups is 1. The Bertz CT molecular complexity index is 482. The zero-order chi connectivity index (χ0) is 12.1. The lowest BCUT2D eigenvalue weighted by molar-refractivity contribution is 0.294. The second-order valence-corrected chi connectivity index (χ2v) is 5.33. The van der Waals surface area contributed by atoms with E-state index in [0.717, 1.165) is 10.5 Å². The van der Waals surface area contributed by atoms with Gasteiger partial charge in [-0.15, -0.1) is 0 Å². The molecule has 17 heavy (non-hydrogen) atoms. The highest BCUT2D eigenvalue weighted by molar-refractivity contribution is 7.85. The molecule has 0 aromatic heterocycles. The van der Waals surface area contributed by atoms with Crippen LogP contribution in [0.5, 0.6) is 0 Å². The zero-order valence-corrected chi connectivity index (χ0v) is 10.1. The van der Waals surface area contributed by atoms with Crippen LogP contribution in [0.1, 0.15) is 10.8 Å². The Labute approximate surface area is 103 Å². The Hall–Kier alpha value is -1.45. The van der Waals surface area contributed by atoms with Crippen molar-refractivity contribution in [1.29, 1.82) is 0 Å². The summed E-state index contributed by atoms with van der Waals surface area (Å²) < 4.78 is 12.3. The summed E-state index contributed by atoms with van der Waals surface area (Å²) in [5, 5.41) is 9.06. The summed E-state index contributed by atoms with van der Waals surface area (Å²) >= 11 is 0. The molecule has 2 atom stereocenters. The molecule has 0 amide bonds. The van der Waals surface area contributed by atoms with Gasteiger partial charge in [-0.25, -0.2) is 0 Å². The molecule has 2 nitrogen and oxygen atoms in total. The molecule has 2 aromatic rings. The van der Waals surface area contributed by atoms with Gasteiger partial charge in [0.2, 0.25) is 0 Å². The minimum Gasteiger partial charge on any atom is -0.395 e. The Morgan fingerprint density at radius 2 is 1.47 bits per heavy atom. The standard InChI is InChI=1S/C14H14O2S/c15-11-14(12-7-3-1-4-8-12)17(16)13-9-5-2-6-10-13/h1-10,14-15H,11H2/t14-,17-/m0/s1. The molecule has 0 saturated carbocycles. The molecule has 0 heterocycles. The van der Waals surface area contributed by atoms with E-state index in [-0.39, 0.29) is 11.9 Å². The lowest BCUT2D eigenvalue weighted by Gasteiger charge is -2.14. The molecule has 0 aliphatic rings. The van der Waals surface area contributed by atoms with Crippen molar-refractivity contribution in [3.05, 3.63) is 66.2 Å². The largest absolute Gasteiger partial charge is 0.395 e. The Balaban J connectivity index is 2.29. The molecule has 88 valence electrons. The summed E-state index contributed by atoms with van der Waals surface area (Å²) in [5.74, 6) is 0. The summed E-state index contributed by atoms with van der Waals surface area (Å²) in [6, 6.07) is 18.7. The SMILES string of the molecule is O=[S@@](c1ccccc1)[C@@H](CO)c1ccccc1. The van der Waals surface area contributed by atoms with Crippen LogP contribution in [-0.2, 0) is 10.8 Å². The van der Waals surface area contributed by atoms with Crippen molar-refractivity contribution in [1.82, 2.24) is 0 Å². The highest BCUT2D eigenvalue weighted by atomic mass is 32.2. The molecular formula is C14H14O2S. The third-order valence-electron chi connectivity index (χ3n) is 2.57. The number of hydrogen-bond acceptors (Lipinski definition) is 2. The van der Waals surface area contributed by atoms with Crippen molar-refractivity contribution >= 4 is 10.8 Å². The minimum atomic E-state index is -1.22. The fourth-order valence-corrected chi connectivity index (χ4v) is 2.98. The van der Waals surface area contributed by atoms with Crippen LogP contribution in [-0.4, -0.2) is 15.9 Å². The van der Waals surface area contributed by atoms with Gasteiger partial charge >= 0.3 is 0 Å². The van der Waals surface area contributed by atoms with Gasteiger partial charge in [0.1, 0.15) is 0 Å². The molecule has 0 bridgehead atoms. The van der Waals surface area contributed by atoms with Gasteiger partial charge in [-0.1, -0.05) is 48.5 Å². The van der Waals surface area contributed by atoms with Gasteiger partial charge in [0.25, 0.3) is 0 Å². The van der Waals surface area contributed by atoms with Crippen LogP contribution in [0.3, 0.4) is 0 Å². The topological polar surface area (TPSA) is 37.3 Å². The molecule has 2 aromatic carbocycles. The van der Waals surface area contributed by atoms with Crippen LogP contribution in [0, 0.1) is 0 Å². The van der Waals surface area contributed by atoms with E-state index < -0.39 is 10.8 Å². The van der Waals surface area contributed by atoms with E-state index in [2.05, 4.69) is 0 Å². The molecule has 2 rings (SSSR count). The van der Waals surface area contributed by atoms with E-state index in [1.165, 1.54) is 0 Å². The molecule has 0 unspecified atom stereocenters. The maximum atomic E-state index is 12.3. The maximum Gasteiger partial charge on any atom is 0.0874 e. The summed E-state index contributed by atoms with van der Waals surface area (Å²) in [5.41, 5.74) is 0.900. The van der Waals surface area contributed by atoms with E-state index in [4.69, 9.17) is 0 Å². The molecule has 0 aliphatic heterocycles. The molecular weight excluding hydrogens is 232 g/mol. The van der Waals surface area contributed by atoms with Crippen molar-refractivity contribution in [3.8, 4) is 0 Å². The van der Waals surface area contributed by atoms with Gasteiger partial charge in [0.05, 0.1) is 22.7 Å². The average Bonchev–Trinajstić information content (AvgIpc) is 2.42. The van der Waals surface area contributed by atoms with Crippen molar-refractivity contribution in [2.24, 2.45) is 0 Å². The molecule has 0 fully saturated rings. The lowest BCUT2D eigenvalue weighted by Crippen LogP contribution is -2.11. The van der Waals surface area contributed by atoms with Crippen LogP contribution < -0.4 is 0 Å². The molecule has 0 saturated heterocycles. The van der Waals surface area contributed by atoms with Crippen molar-refractivity contribution in [2.45, 2.75) is 10.1 Å². The highest BCUT2D eigenvalue weighted by Gasteiger charge is 2.19. The van der Waals surface area contributed by atoms with Gasteiger partial charge in [-0.3, -0.25) is 4.21 Å². The highest BCUT2D eigenvalue weighted by Crippen LogP contribution is 2.24. The fourth-order valence-electron chi connectivity index (χ4n) is 1.68. The molecule has 0 spiro atoms. The van der Waals surface area contributed by atoms with E-state index in [9.17, 15) is 9.32 Å². The molecule has 3 heteroatoms. The van der Waals surface area contributed by atoms with Gasteiger partial charge in [0, 0.05) is 4.90 Å². The Morgan fingerprint density at radius 3 is 2.00 bits per heavy atom. The molecule has 1 N–H and O–H groups in total. The van der Waals surface area contributed by atoms with Crippen molar-refractivity contribution in [3.63, 3.8) is 0 Å². The summed E-state index contributed by atoms with van der Waals surface area (Å²) in [6.07, 6.45) is 0. The number of aliphatic hydroxyl groups excluding tert-OH is 1. The van der Waals surface area contributed by atoms with E-state index in [1.54, 1.807) is 0 Å². The first-order valence-electron chi connectivity index (χ1n) is 5.44. The quantitative estimate of drug-likeness (QED) is 0.900. The van der Waals surface area contributed by atoms with Crippen LogP contribution in [0.25, 0.3) is 0 Å². The fraction of sp³-hybridized carbons (Fsp3) is 0.143. The number of hydrogen-bond donors (Lipinski definition) is 1. The predicted octanol–water partition coefficient (Wildman–Crippen LogP) is 2.53. The zero-order valence-electron chi connectivity index (χ0n) is 9.32. The van der Waals surface area contributed by atoms with Crippen LogP contribution in [0.2, 0.25) is 0 Å². The second kappa shape index (κ2) is 5.75. The van der Waals surface area contributed by atoms with Crippen LogP contribution in [0.4, 0.5) is 0 Å². The number of rotatable bonds is 4. The maximum absolute atomic E-state index is 12.3. The smallest absolute Gasteiger partial charge is 0.0874 e. The minimum absolute atomic E-state index is 0.120. The Morgan fingerprint density at radius 1 is 0.941 bits per heavy atom.